The first kappa shape index (κ1) is 9.97. The smallest absolute Gasteiger partial charge is 0.00145 e. The van der Waals surface area contributed by atoms with Crippen molar-refractivity contribution in [2.75, 3.05) is 13.6 Å². The normalized spacial score (nSPS) is 23.4. The maximum Gasteiger partial charge on any atom is 0.00145 e. The van der Waals surface area contributed by atoms with E-state index in [0.717, 1.165) is 6.54 Å². The molecule has 1 fully saturated rings. The van der Waals surface area contributed by atoms with Crippen LogP contribution in [-0.4, -0.2) is 13.6 Å². The lowest BCUT2D eigenvalue weighted by molar-refractivity contribution is 0.616. The minimum Gasteiger partial charge on any atom is -0.319 e. The van der Waals surface area contributed by atoms with Gasteiger partial charge in [-0.2, -0.15) is 0 Å². The molecule has 0 aliphatic heterocycles. The fraction of sp³-hybridized carbons (Fsp3) is 0.692. The van der Waals surface area contributed by atoms with Crippen LogP contribution in [0, 0.1) is 5.92 Å². The number of rotatable bonds is 3. The first-order chi connectivity index (χ1) is 6.74. The Bertz CT molecular complexity index is 296. The predicted octanol–water partition coefficient (Wildman–Crippen LogP) is 3.04. The van der Waals surface area contributed by atoms with Gasteiger partial charge < -0.3 is 5.32 Å². The van der Waals surface area contributed by atoms with Gasteiger partial charge in [-0.25, -0.2) is 0 Å². The van der Waals surface area contributed by atoms with Crippen LogP contribution in [0.25, 0.3) is 0 Å². The lowest BCUT2D eigenvalue weighted by atomic mass is 9.91. The number of hydrogen-bond donors (Lipinski definition) is 1. The van der Waals surface area contributed by atoms with Crippen molar-refractivity contribution in [3.63, 3.8) is 0 Å². The molecule has 0 heterocycles. The molecule has 2 rings (SSSR count). The van der Waals surface area contributed by atoms with E-state index in [4.69, 9.17) is 0 Å². The molecule has 14 heavy (non-hydrogen) atoms. The third-order valence-corrected chi connectivity index (χ3v) is 3.70. The summed E-state index contributed by atoms with van der Waals surface area (Å²) in [7, 11) is 2.05. The van der Waals surface area contributed by atoms with Gasteiger partial charge in [0.25, 0.3) is 0 Å². The van der Waals surface area contributed by atoms with Crippen molar-refractivity contribution in [3.05, 3.63) is 22.3 Å². The van der Waals surface area contributed by atoms with Gasteiger partial charge in [-0.1, -0.05) is 18.1 Å². The molecule has 0 aromatic rings. The highest BCUT2D eigenvalue weighted by molar-refractivity contribution is 5.49. The van der Waals surface area contributed by atoms with E-state index in [1.54, 1.807) is 22.3 Å². The Morgan fingerprint density at radius 3 is 2.64 bits per heavy atom. The molecule has 1 saturated carbocycles. The number of hydrogen-bond acceptors (Lipinski definition) is 1. The lowest BCUT2D eigenvalue weighted by Crippen LogP contribution is -2.18. The molecular weight excluding hydrogens is 170 g/mol. The molecule has 2 bridgehead atoms. The Balaban J connectivity index is 2.24. The summed E-state index contributed by atoms with van der Waals surface area (Å²) in [5.74, 6) is 0.700. The summed E-state index contributed by atoms with van der Waals surface area (Å²) in [6.07, 6.45) is 5.39. The van der Waals surface area contributed by atoms with E-state index in [2.05, 4.69) is 19.2 Å². The van der Waals surface area contributed by atoms with E-state index < -0.39 is 0 Å². The molecule has 2 aliphatic carbocycles. The van der Waals surface area contributed by atoms with Crippen LogP contribution >= 0.6 is 0 Å². The summed E-state index contributed by atoms with van der Waals surface area (Å²) in [4.78, 5) is 0. The van der Waals surface area contributed by atoms with Gasteiger partial charge in [0.2, 0.25) is 0 Å². The van der Waals surface area contributed by atoms with Crippen molar-refractivity contribution >= 4 is 0 Å². The first-order valence-corrected chi connectivity index (χ1v) is 5.79. The highest BCUT2D eigenvalue weighted by Crippen LogP contribution is 2.44. The summed E-state index contributed by atoms with van der Waals surface area (Å²) in [6, 6.07) is 0. The molecule has 0 amide bonds. The number of nitrogens with one attached hydrogen (secondary N) is 1. The third-order valence-electron chi connectivity index (χ3n) is 3.70. The molecule has 1 nitrogen and oxygen atoms in total. The molecular formula is C13H21N. The highest BCUT2D eigenvalue weighted by atomic mass is 14.8. The van der Waals surface area contributed by atoms with Crippen LogP contribution in [0.3, 0.4) is 0 Å². The second-order valence-corrected chi connectivity index (χ2v) is 4.73. The van der Waals surface area contributed by atoms with E-state index >= 15 is 0 Å². The minimum absolute atomic E-state index is 0.700. The third kappa shape index (κ3) is 1.54. The standard InChI is InChI=1S/C13H21N/c1-9(8-14-3)13-10(2)11-5-4-6-12(13)7-11/h9,14H,4-8H2,1-3H3. The molecule has 1 unspecified atom stereocenters. The summed E-state index contributed by atoms with van der Waals surface area (Å²) < 4.78 is 0. The van der Waals surface area contributed by atoms with Crippen LogP contribution in [-0.2, 0) is 0 Å². The van der Waals surface area contributed by atoms with Crippen molar-refractivity contribution in [2.45, 2.75) is 39.5 Å². The van der Waals surface area contributed by atoms with Crippen LogP contribution in [0.1, 0.15) is 39.5 Å². The van der Waals surface area contributed by atoms with Gasteiger partial charge in [0.1, 0.15) is 0 Å². The van der Waals surface area contributed by atoms with Gasteiger partial charge in [0.05, 0.1) is 0 Å². The van der Waals surface area contributed by atoms with Crippen molar-refractivity contribution in [3.8, 4) is 0 Å². The zero-order chi connectivity index (χ0) is 10.1. The van der Waals surface area contributed by atoms with Gasteiger partial charge in [-0.3, -0.25) is 0 Å². The SMILES string of the molecule is CNCC(C)C1=C2CCCC(=C1C)C2. The van der Waals surface area contributed by atoms with Crippen molar-refractivity contribution in [1.82, 2.24) is 5.32 Å². The molecule has 0 aromatic heterocycles. The molecule has 78 valence electrons. The minimum atomic E-state index is 0.700. The van der Waals surface area contributed by atoms with Crippen molar-refractivity contribution in [2.24, 2.45) is 5.92 Å². The van der Waals surface area contributed by atoms with Crippen LogP contribution in [0.2, 0.25) is 0 Å². The highest BCUT2D eigenvalue weighted by Gasteiger charge is 2.27. The maximum absolute atomic E-state index is 3.29. The molecule has 2 aliphatic rings. The van der Waals surface area contributed by atoms with E-state index in [1.165, 1.54) is 25.7 Å². The molecule has 1 N–H and O–H groups in total. The van der Waals surface area contributed by atoms with Crippen molar-refractivity contribution in [1.29, 1.82) is 0 Å². The van der Waals surface area contributed by atoms with Crippen LogP contribution < -0.4 is 5.32 Å². The Morgan fingerprint density at radius 2 is 2.00 bits per heavy atom. The molecule has 0 spiro atoms. The second-order valence-electron chi connectivity index (χ2n) is 4.73. The molecule has 1 heteroatoms. The average Bonchev–Trinajstić information content (AvgIpc) is 2.39. The summed E-state index contributed by atoms with van der Waals surface area (Å²) in [5.41, 5.74) is 6.78. The zero-order valence-electron chi connectivity index (χ0n) is 9.61. The van der Waals surface area contributed by atoms with Crippen LogP contribution in [0.15, 0.2) is 22.3 Å². The zero-order valence-corrected chi connectivity index (χ0v) is 9.61. The molecule has 1 atom stereocenters. The van der Waals surface area contributed by atoms with E-state index in [-0.39, 0.29) is 0 Å². The number of fused-ring (bicyclic) bond motifs is 2. The molecule has 0 saturated heterocycles. The fourth-order valence-corrected chi connectivity index (χ4v) is 3.08. The van der Waals surface area contributed by atoms with E-state index in [1.807, 2.05) is 7.05 Å². The second kappa shape index (κ2) is 3.90. The molecule has 0 aromatic carbocycles. The summed E-state index contributed by atoms with van der Waals surface area (Å²) in [5, 5.41) is 3.29. The first-order valence-electron chi connectivity index (χ1n) is 5.79. The Kier molecular flexibility index (Phi) is 2.78. The quantitative estimate of drug-likeness (QED) is 0.723. The molecule has 0 radical (unpaired) electrons. The fourth-order valence-electron chi connectivity index (χ4n) is 3.08. The Hall–Kier alpha value is -0.560. The summed E-state index contributed by atoms with van der Waals surface area (Å²) in [6.45, 7) is 5.79. The van der Waals surface area contributed by atoms with Gasteiger partial charge in [0, 0.05) is 6.54 Å². The van der Waals surface area contributed by atoms with Crippen LogP contribution in [0.4, 0.5) is 0 Å². The average molecular weight is 191 g/mol. The van der Waals surface area contributed by atoms with Gasteiger partial charge in [0.15, 0.2) is 0 Å². The Labute approximate surface area is 87.3 Å². The van der Waals surface area contributed by atoms with E-state index in [0.29, 0.717) is 5.92 Å². The van der Waals surface area contributed by atoms with Crippen LogP contribution in [0.5, 0.6) is 0 Å². The van der Waals surface area contributed by atoms with Gasteiger partial charge >= 0.3 is 0 Å². The topological polar surface area (TPSA) is 12.0 Å². The Morgan fingerprint density at radius 1 is 1.29 bits per heavy atom. The number of allylic oxidation sites excluding steroid dienone is 3. The maximum atomic E-state index is 3.29. The monoisotopic (exact) mass is 191 g/mol. The van der Waals surface area contributed by atoms with Gasteiger partial charge in [-0.15, -0.1) is 0 Å². The van der Waals surface area contributed by atoms with E-state index in [9.17, 15) is 0 Å². The predicted molar refractivity (Wildman–Crippen MR) is 61.3 cm³/mol. The van der Waals surface area contributed by atoms with Gasteiger partial charge in [-0.05, 0) is 56.7 Å². The lowest BCUT2D eigenvalue weighted by Gasteiger charge is -2.17. The van der Waals surface area contributed by atoms with Crippen molar-refractivity contribution < 1.29 is 0 Å². The summed E-state index contributed by atoms with van der Waals surface area (Å²) >= 11 is 0. The largest absolute Gasteiger partial charge is 0.319 e.